The summed E-state index contributed by atoms with van der Waals surface area (Å²) in [5, 5.41) is 16.2. The SMILES string of the molecule is Cl.O=C(CC1CCCN1)Nc1ccc(OC2CCCCC2O)cc1. The summed E-state index contributed by atoms with van der Waals surface area (Å²) >= 11 is 0. The number of nitrogens with one attached hydrogen (secondary N) is 2. The first-order valence-electron chi connectivity index (χ1n) is 8.69. The van der Waals surface area contributed by atoms with Crippen molar-refractivity contribution in [3.05, 3.63) is 24.3 Å². The highest BCUT2D eigenvalue weighted by Gasteiger charge is 2.24. The predicted molar refractivity (Wildman–Crippen MR) is 96.9 cm³/mol. The van der Waals surface area contributed by atoms with Gasteiger partial charge in [0.05, 0.1) is 6.10 Å². The first kappa shape index (κ1) is 19.0. The Balaban J connectivity index is 0.00000208. The zero-order valence-electron chi connectivity index (χ0n) is 13.9. The van der Waals surface area contributed by atoms with Crippen LogP contribution in [0.5, 0.6) is 5.75 Å². The van der Waals surface area contributed by atoms with E-state index < -0.39 is 0 Å². The van der Waals surface area contributed by atoms with Crippen LogP contribution in [-0.2, 0) is 4.79 Å². The van der Waals surface area contributed by atoms with Crippen LogP contribution in [0.3, 0.4) is 0 Å². The van der Waals surface area contributed by atoms with Gasteiger partial charge in [0.1, 0.15) is 11.9 Å². The molecule has 3 unspecified atom stereocenters. The van der Waals surface area contributed by atoms with E-state index in [1.807, 2.05) is 24.3 Å². The van der Waals surface area contributed by atoms with Gasteiger partial charge in [-0.1, -0.05) is 6.42 Å². The van der Waals surface area contributed by atoms with Gasteiger partial charge < -0.3 is 20.5 Å². The summed E-state index contributed by atoms with van der Waals surface area (Å²) in [4.78, 5) is 12.0. The molecule has 1 amide bonds. The molecule has 1 aromatic carbocycles. The molecule has 0 radical (unpaired) electrons. The molecule has 1 aromatic rings. The van der Waals surface area contributed by atoms with Crippen LogP contribution >= 0.6 is 12.4 Å². The minimum atomic E-state index is -0.373. The molecule has 3 atom stereocenters. The minimum Gasteiger partial charge on any atom is -0.488 e. The average Bonchev–Trinajstić information content (AvgIpc) is 3.04. The molecule has 24 heavy (non-hydrogen) atoms. The molecule has 5 nitrogen and oxygen atoms in total. The number of rotatable bonds is 5. The summed E-state index contributed by atoms with van der Waals surface area (Å²) in [6.07, 6.45) is 6.14. The second-order valence-corrected chi connectivity index (χ2v) is 6.58. The van der Waals surface area contributed by atoms with E-state index in [2.05, 4.69) is 10.6 Å². The maximum Gasteiger partial charge on any atom is 0.225 e. The van der Waals surface area contributed by atoms with Crippen molar-refractivity contribution in [2.75, 3.05) is 11.9 Å². The molecule has 0 aromatic heterocycles. The highest BCUT2D eigenvalue weighted by molar-refractivity contribution is 5.91. The van der Waals surface area contributed by atoms with Gasteiger partial charge in [0.2, 0.25) is 5.91 Å². The summed E-state index contributed by atoms with van der Waals surface area (Å²) in [6, 6.07) is 7.72. The highest BCUT2D eigenvalue weighted by atomic mass is 35.5. The number of hydrogen-bond acceptors (Lipinski definition) is 4. The Hall–Kier alpha value is -1.30. The monoisotopic (exact) mass is 354 g/mol. The van der Waals surface area contributed by atoms with Crippen molar-refractivity contribution in [2.45, 2.75) is 63.2 Å². The van der Waals surface area contributed by atoms with Crippen LogP contribution in [0.2, 0.25) is 0 Å². The lowest BCUT2D eigenvalue weighted by Gasteiger charge is -2.28. The lowest BCUT2D eigenvalue weighted by molar-refractivity contribution is -0.116. The lowest BCUT2D eigenvalue weighted by Crippen LogP contribution is -2.34. The van der Waals surface area contributed by atoms with Crippen molar-refractivity contribution in [2.24, 2.45) is 0 Å². The number of hydrogen-bond donors (Lipinski definition) is 3. The summed E-state index contributed by atoms with van der Waals surface area (Å²) < 4.78 is 5.86. The fraction of sp³-hybridized carbons (Fsp3) is 0.611. The summed E-state index contributed by atoms with van der Waals surface area (Å²) in [6.45, 7) is 1.01. The Morgan fingerprint density at radius 3 is 2.58 bits per heavy atom. The van der Waals surface area contributed by atoms with Crippen LogP contribution < -0.4 is 15.4 Å². The Labute approximate surface area is 149 Å². The van der Waals surface area contributed by atoms with Crippen LogP contribution in [0.4, 0.5) is 5.69 Å². The van der Waals surface area contributed by atoms with Crippen LogP contribution in [0.1, 0.15) is 44.9 Å². The number of carbonyl (C=O) groups excluding carboxylic acids is 1. The van der Waals surface area contributed by atoms with Crippen molar-refractivity contribution < 1.29 is 14.6 Å². The topological polar surface area (TPSA) is 70.6 Å². The van der Waals surface area contributed by atoms with E-state index in [1.54, 1.807) is 0 Å². The summed E-state index contributed by atoms with van der Waals surface area (Å²) in [5.74, 6) is 0.784. The quantitative estimate of drug-likeness (QED) is 0.760. The van der Waals surface area contributed by atoms with Gasteiger partial charge in [0.15, 0.2) is 0 Å². The molecule has 1 aliphatic heterocycles. The van der Waals surface area contributed by atoms with Crippen LogP contribution in [0, 0.1) is 0 Å². The standard InChI is InChI=1S/C18H26N2O3.ClH/c21-16-5-1-2-6-17(16)23-15-9-7-13(8-10-15)20-18(22)12-14-4-3-11-19-14;/h7-10,14,16-17,19,21H,1-6,11-12H2,(H,20,22);1H. The first-order valence-corrected chi connectivity index (χ1v) is 8.69. The average molecular weight is 355 g/mol. The smallest absolute Gasteiger partial charge is 0.225 e. The van der Waals surface area contributed by atoms with E-state index in [0.717, 1.165) is 56.5 Å². The van der Waals surface area contributed by atoms with Gasteiger partial charge in [-0.3, -0.25) is 4.79 Å². The number of ether oxygens (including phenoxy) is 1. The van der Waals surface area contributed by atoms with Crippen molar-refractivity contribution in [1.29, 1.82) is 0 Å². The predicted octanol–water partition coefficient (Wildman–Crippen LogP) is 2.87. The lowest BCUT2D eigenvalue weighted by atomic mass is 9.95. The van der Waals surface area contributed by atoms with Crippen LogP contribution in [0.15, 0.2) is 24.3 Å². The van der Waals surface area contributed by atoms with Crippen molar-refractivity contribution in [3.63, 3.8) is 0 Å². The molecule has 3 rings (SSSR count). The highest BCUT2D eigenvalue weighted by Crippen LogP contribution is 2.25. The maximum atomic E-state index is 12.0. The Bertz CT molecular complexity index is 518. The van der Waals surface area contributed by atoms with Gasteiger partial charge >= 0.3 is 0 Å². The Morgan fingerprint density at radius 2 is 1.92 bits per heavy atom. The van der Waals surface area contributed by atoms with Crippen LogP contribution in [0.25, 0.3) is 0 Å². The number of aliphatic hydroxyl groups is 1. The number of halogens is 1. The largest absolute Gasteiger partial charge is 0.488 e. The molecule has 3 N–H and O–H groups in total. The normalized spacial score (nSPS) is 26.5. The van der Waals surface area contributed by atoms with Gasteiger partial charge in [-0.2, -0.15) is 0 Å². The van der Waals surface area contributed by atoms with Gasteiger partial charge in [0.25, 0.3) is 0 Å². The second-order valence-electron chi connectivity index (χ2n) is 6.58. The number of amides is 1. The first-order chi connectivity index (χ1) is 11.2. The summed E-state index contributed by atoms with van der Waals surface area (Å²) in [7, 11) is 0. The molecule has 6 heteroatoms. The molecule has 1 heterocycles. The van der Waals surface area contributed by atoms with Crippen molar-refractivity contribution >= 4 is 24.0 Å². The van der Waals surface area contributed by atoms with E-state index >= 15 is 0 Å². The van der Waals surface area contributed by atoms with Crippen LogP contribution in [-0.4, -0.2) is 35.8 Å². The second kappa shape index (κ2) is 9.25. The van der Waals surface area contributed by atoms with Crippen molar-refractivity contribution in [1.82, 2.24) is 5.32 Å². The fourth-order valence-corrected chi connectivity index (χ4v) is 3.37. The van der Waals surface area contributed by atoms with Gasteiger partial charge in [-0.05, 0) is 62.9 Å². The number of aliphatic hydroxyl groups excluding tert-OH is 1. The third-order valence-corrected chi connectivity index (χ3v) is 4.69. The van der Waals surface area contributed by atoms with E-state index in [4.69, 9.17) is 4.74 Å². The molecule has 1 saturated heterocycles. The zero-order valence-corrected chi connectivity index (χ0v) is 14.7. The van der Waals surface area contributed by atoms with Crippen molar-refractivity contribution in [3.8, 4) is 5.75 Å². The van der Waals surface area contributed by atoms with E-state index in [-0.39, 0.29) is 30.5 Å². The molecule has 2 aliphatic rings. The molecule has 1 aliphatic carbocycles. The van der Waals surface area contributed by atoms with E-state index in [1.165, 1.54) is 0 Å². The molecule has 2 fully saturated rings. The molecular weight excluding hydrogens is 328 g/mol. The van der Waals surface area contributed by atoms with Gasteiger partial charge in [-0.15, -0.1) is 12.4 Å². The third kappa shape index (κ3) is 5.36. The third-order valence-electron chi connectivity index (χ3n) is 4.69. The Kier molecular flexibility index (Phi) is 7.34. The maximum absolute atomic E-state index is 12.0. The number of benzene rings is 1. The zero-order chi connectivity index (χ0) is 16.1. The minimum absolute atomic E-state index is 0. The number of carbonyl (C=O) groups is 1. The van der Waals surface area contributed by atoms with E-state index in [9.17, 15) is 9.90 Å². The van der Waals surface area contributed by atoms with E-state index in [0.29, 0.717) is 12.5 Å². The number of anilines is 1. The molecular formula is C18H27ClN2O3. The Morgan fingerprint density at radius 1 is 1.17 bits per heavy atom. The molecule has 0 spiro atoms. The molecule has 1 saturated carbocycles. The fourth-order valence-electron chi connectivity index (χ4n) is 3.37. The molecule has 134 valence electrons. The van der Waals surface area contributed by atoms with Gasteiger partial charge in [0, 0.05) is 18.2 Å². The van der Waals surface area contributed by atoms with Gasteiger partial charge in [-0.25, -0.2) is 0 Å². The summed E-state index contributed by atoms with van der Waals surface area (Å²) in [5.41, 5.74) is 0.782. The molecule has 0 bridgehead atoms.